The third-order valence-electron chi connectivity index (χ3n) is 3.69. The molecule has 1 aliphatic rings. The van der Waals surface area contributed by atoms with Gasteiger partial charge in [-0.2, -0.15) is 0 Å². The Hall–Kier alpha value is -2.45. The highest BCUT2D eigenvalue weighted by atomic mass is 19.4. The number of amides is 2. The molecule has 1 aliphatic heterocycles. The number of benzene rings is 1. The fourth-order valence-corrected chi connectivity index (χ4v) is 2.50. The SMILES string of the molecule is O=C(O)C1CCN(C(=O)NCCc2ccccc2OC(F)(F)F)C1. The first-order valence-corrected chi connectivity index (χ1v) is 7.35. The average molecular weight is 346 g/mol. The van der Waals surface area contributed by atoms with Crippen LogP contribution in [0, 0.1) is 5.92 Å². The smallest absolute Gasteiger partial charge is 0.481 e. The summed E-state index contributed by atoms with van der Waals surface area (Å²) >= 11 is 0. The molecule has 1 aromatic carbocycles. The molecule has 1 saturated heterocycles. The number of carbonyl (C=O) groups is 2. The van der Waals surface area contributed by atoms with Crippen molar-refractivity contribution in [3.05, 3.63) is 29.8 Å². The molecule has 1 unspecified atom stereocenters. The summed E-state index contributed by atoms with van der Waals surface area (Å²) in [5.74, 6) is -1.81. The molecular formula is C15H17F3N2O4. The zero-order chi connectivity index (χ0) is 17.7. The van der Waals surface area contributed by atoms with Crippen molar-refractivity contribution in [3.63, 3.8) is 0 Å². The summed E-state index contributed by atoms with van der Waals surface area (Å²) in [6.07, 6.45) is -4.22. The molecule has 2 amide bonds. The Labute approximate surface area is 136 Å². The van der Waals surface area contributed by atoms with Crippen LogP contribution in [0.4, 0.5) is 18.0 Å². The molecule has 2 rings (SSSR count). The predicted octanol–water partition coefficient (Wildman–Crippen LogP) is 2.24. The average Bonchev–Trinajstić information content (AvgIpc) is 2.97. The van der Waals surface area contributed by atoms with Gasteiger partial charge in [-0.1, -0.05) is 18.2 Å². The molecule has 1 heterocycles. The molecule has 0 spiro atoms. The Kier molecular flexibility index (Phi) is 5.53. The standard InChI is InChI=1S/C15H17F3N2O4/c16-15(17,18)24-12-4-2-1-3-10(12)5-7-19-14(23)20-8-6-11(9-20)13(21)22/h1-4,11H,5-9H2,(H,19,23)(H,21,22). The van der Waals surface area contributed by atoms with E-state index in [1.807, 2.05) is 0 Å². The number of nitrogens with one attached hydrogen (secondary N) is 1. The quantitative estimate of drug-likeness (QED) is 0.857. The lowest BCUT2D eigenvalue weighted by molar-refractivity contribution is -0.274. The van der Waals surface area contributed by atoms with Gasteiger partial charge in [-0.05, 0) is 24.5 Å². The van der Waals surface area contributed by atoms with Crippen LogP contribution in [0.1, 0.15) is 12.0 Å². The van der Waals surface area contributed by atoms with Crippen LogP contribution in [-0.2, 0) is 11.2 Å². The Balaban J connectivity index is 1.84. The molecule has 0 saturated carbocycles. The number of para-hydroxylation sites is 1. The number of nitrogens with zero attached hydrogens (tertiary/aromatic N) is 1. The second-order valence-electron chi connectivity index (χ2n) is 5.41. The van der Waals surface area contributed by atoms with Crippen LogP contribution >= 0.6 is 0 Å². The number of carbonyl (C=O) groups excluding carboxylic acids is 1. The lowest BCUT2D eigenvalue weighted by Crippen LogP contribution is -2.39. The number of carboxylic acids is 1. The fourth-order valence-electron chi connectivity index (χ4n) is 2.50. The number of alkyl halides is 3. The minimum atomic E-state index is -4.78. The van der Waals surface area contributed by atoms with Crippen LogP contribution in [-0.4, -0.2) is 48.0 Å². The van der Waals surface area contributed by atoms with E-state index in [-0.39, 0.29) is 25.3 Å². The molecule has 0 radical (unpaired) electrons. The maximum Gasteiger partial charge on any atom is 0.573 e. The Morgan fingerprint density at radius 1 is 1.33 bits per heavy atom. The van der Waals surface area contributed by atoms with Gasteiger partial charge in [0.2, 0.25) is 0 Å². The van der Waals surface area contributed by atoms with E-state index in [1.54, 1.807) is 6.07 Å². The summed E-state index contributed by atoms with van der Waals surface area (Å²) in [5, 5.41) is 11.5. The van der Waals surface area contributed by atoms with Gasteiger partial charge in [0.05, 0.1) is 5.92 Å². The van der Waals surface area contributed by atoms with Crippen LogP contribution in [0.25, 0.3) is 0 Å². The van der Waals surface area contributed by atoms with E-state index in [1.165, 1.54) is 23.1 Å². The van der Waals surface area contributed by atoms with Crippen LogP contribution in [0.2, 0.25) is 0 Å². The van der Waals surface area contributed by atoms with E-state index in [0.29, 0.717) is 18.5 Å². The number of hydrogen-bond acceptors (Lipinski definition) is 3. The molecule has 9 heteroatoms. The lowest BCUT2D eigenvalue weighted by Gasteiger charge is -2.17. The second-order valence-corrected chi connectivity index (χ2v) is 5.41. The molecular weight excluding hydrogens is 329 g/mol. The van der Waals surface area contributed by atoms with Gasteiger partial charge in [-0.25, -0.2) is 4.79 Å². The van der Waals surface area contributed by atoms with Crippen molar-refractivity contribution in [2.24, 2.45) is 5.92 Å². The number of halogens is 3. The number of rotatable bonds is 5. The van der Waals surface area contributed by atoms with Crippen molar-refractivity contribution in [2.75, 3.05) is 19.6 Å². The number of carboxylic acid groups (broad SMARTS) is 1. The fraction of sp³-hybridized carbons (Fsp3) is 0.467. The van der Waals surface area contributed by atoms with Crippen molar-refractivity contribution in [1.82, 2.24) is 10.2 Å². The van der Waals surface area contributed by atoms with Crippen LogP contribution in [0.3, 0.4) is 0 Å². The summed E-state index contributed by atoms with van der Waals surface area (Å²) < 4.78 is 40.9. The van der Waals surface area contributed by atoms with E-state index in [2.05, 4.69) is 10.1 Å². The minimum absolute atomic E-state index is 0.116. The zero-order valence-corrected chi connectivity index (χ0v) is 12.7. The molecule has 1 atom stereocenters. The van der Waals surface area contributed by atoms with Crippen LogP contribution in [0.5, 0.6) is 5.75 Å². The molecule has 6 nitrogen and oxygen atoms in total. The van der Waals surface area contributed by atoms with Crippen LogP contribution < -0.4 is 10.1 Å². The maximum absolute atomic E-state index is 12.3. The largest absolute Gasteiger partial charge is 0.573 e. The van der Waals surface area contributed by atoms with E-state index in [9.17, 15) is 22.8 Å². The van der Waals surface area contributed by atoms with Crippen molar-refractivity contribution in [3.8, 4) is 5.75 Å². The summed E-state index contributed by atoms with van der Waals surface area (Å²) in [6, 6.07) is 5.29. The number of aliphatic carboxylic acids is 1. The van der Waals surface area contributed by atoms with Gasteiger partial charge < -0.3 is 20.1 Å². The van der Waals surface area contributed by atoms with E-state index >= 15 is 0 Å². The van der Waals surface area contributed by atoms with Gasteiger partial charge in [-0.3, -0.25) is 4.79 Å². The van der Waals surface area contributed by atoms with E-state index < -0.39 is 24.3 Å². The summed E-state index contributed by atoms with van der Waals surface area (Å²) in [6.45, 7) is 0.594. The number of likely N-dealkylation sites (tertiary alicyclic amines) is 1. The van der Waals surface area contributed by atoms with E-state index in [0.717, 1.165) is 0 Å². The zero-order valence-electron chi connectivity index (χ0n) is 12.7. The Bertz CT molecular complexity index is 607. The first-order valence-electron chi connectivity index (χ1n) is 7.35. The number of hydrogen-bond donors (Lipinski definition) is 2. The highest BCUT2D eigenvalue weighted by molar-refractivity contribution is 5.77. The summed E-state index contributed by atoms with van der Waals surface area (Å²) in [5.41, 5.74) is 0.319. The normalized spacial score (nSPS) is 17.6. The van der Waals surface area contributed by atoms with Gasteiger partial charge in [0.15, 0.2) is 0 Å². The summed E-state index contributed by atoms with van der Waals surface area (Å²) in [7, 11) is 0. The second kappa shape index (κ2) is 7.41. The lowest BCUT2D eigenvalue weighted by atomic mass is 10.1. The van der Waals surface area contributed by atoms with Crippen molar-refractivity contribution < 1.29 is 32.6 Å². The third kappa shape index (κ3) is 5.04. The molecule has 1 fully saturated rings. The Morgan fingerprint density at radius 2 is 2.04 bits per heavy atom. The number of ether oxygens (including phenoxy) is 1. The molecule has 1 aromatic rings. The van der Waals surface area contributed by atoms with Gasteiger partial charge in [0.25, 0.3) is 0 Å². The topological polar surface area (TPSA) is 78.9 Å². The van der Waals surface area contributed by atoms with E-state index in [4.69, 9.17) is 5.11 Å². The first-order chi connectivity index (χ1) is 11.3. The minimum Gasteiger partial charge on any atom is -0.481 e. The van der Waals surface area contributed by atoms with Crippen molar-refractivity contribution in [2.45, 2.75) is 19.2 Å². The van der Waals surface area contributed by atoms with Crippen molar-refractivity contribution in [1.29, 1.82) is 0 Å². The van der Waals surface area contributed by atoms with Crippen molar-refractivity contribution >= 4 is 12.0 Å². The molecule has 0 aliphatic carbocycles. The molecule has 24 heavy (non-hydrogen) atoms. The maximum atomic E-state index is 12.3. The van der Waals surface area contributed by atoms with Gasteiger partial charge >= 0.3 is 18.4 Å². The van der Waals surface area contributed by atoms with Gasteiger partial charge in [0, 0.05) is 19.6 Å². The summed E-state index contributed by atoms with van der Waals surface area (Å²) in [4.78, 5) is 24.2. The third-order valence-corrected chi connectivity index (χ3v) is 3.69. The monoisotopic (exact) mass is 346 g/mol. The first kappa shape index (κ1) is 17.9. The highest BCUT2D eigenvalue weighted by Crippen LogP contribution is 2.26. The van der Waals surface area contributed by atoms with Crippen LogP contribution in [0.15, 0.2) is 24.3 Å². The predicted molar refractivity (Wildman–Crippen MR) is 77.5 cm³/mol. The number of urea groups is 1. The molecule has 0 aromatic heterocycles. The van der Waals surface area contributed by atoms with Gasteiger partial charge in [-0.15, -0.1) is 13.2 Å². The van der Waals surface area contributed by atoms with Gasteiger partial charge in [0.1, 0.15) is 5.75 Å². The molecule has 0 bridgehead atoms. The highest BCUT2D eigenvalue weighted by Gasteiger charge is 2.32. The molecule has 2 N–H and O–H groups in total. The molecule has 132 valence electrons. The Morgan fingerprint density at radius 3 is 2.67 bits per heavy atom.